The Labute approximate surface area is 174 Å². The second-order valence-corrected chi connectivity index (χ2v) is 7.83. The van der Waals surface area contributed by atoms with Gasteiger partial charge in [-0.2, -0.15) is 61.5 Å². The molecule has 0 spiro atoms. The summed E-state index contributed by atoms with van der Waals surface area (Å²) < 4.78 is 309. The van der Waals surface area contributed by atoms with Gasteiger partial charge in [0.15, 0.2) is 0 Å². The molecule has 4 rings (SSSR count). The van der Waals surface area contributed by atoms with E-state index in [0.717, 1.165) is 0 Å². The normalized spacial score (nSPS) is 47.1. The van der Waals surface area contributed by atoms with Gasteiger partial charge in [-0.1, -0.05) is 0 Å². The zero-order valence-corrected chi connectivity index (χ0v) is 14.8. The van der Waals surface area contributed by atoms with Crippen molar-refractivity contribution in [1.82, 2.24) is 0 Å². The van der Waals surface area contributed by atoms with E-state index in [0.29, 0.717) is 0 Å². The molecule has 35 heavy (non-hydrogen) atoms. The molecule has 0 aliphatic heterocycles. The smallest absolute Gasteiger partial charge is 0.228 e. The van der Waals surface area contributed by atoms with E-state index in [1.54, 1.807) is 0 Å². The van der Waals surface area contributed by atoms with Crippen molar-refractivity contribution in [3.05, 3.63) is 0 Å². The molecule has 0 aromatic heterocycles. The molecule has 4 aliphatic carbocycles. The second-order valence-electron chi connectivity index (χ2n) is 7.83. The van der Waals surface area contributed by atoms with E-state index < -0.39 is 76.0 Å². The van der Waals surface area contributed by atoms with Crippen molar-refractivity contribution >= 4 is 0 Å². The van der Waals surface area contributed by atoms with E-state index in [9.17, 15) is 92.2 Å². The zero-order valence-electron chi connectivity index (χ0n) is 14.8. The third-order valence-corrected chi connectivity index (χ3v) is 6.61. The third kappa shape index (κ3) is 1.69. The van der Waals surface area contributed by atoms with Crippen LogP contribution in [-0.4, -0.2) is 70.6 Å². The van der Waals surface area contributed by atoms with Gasteiger partial charge in [0.25, 0.3) is 11.3 Å². The van der Waals surface area contributed by atoms with E-state index in [2.05, 4.69) is 0 Å². The van der Waals surface area contributed by atoms with Crippen LogP contribution in [-0.2, 0) is 0 Å². The van der Waals surface area contributed by atoms with Crippen LogP contribution in [0.15, 0.2) is 0 Å². The Morgan fingerprint density at radius 3 is 0.829 bits per heavy atom. The Balaban J connectivity index is 2.93. The Bertz CT molecular complexity index is 923. The Morgan fingerprint density at radius 1 is 0.343 bits per heavy atom. The SMILES string of the molecule is FC(F)(F)C(F)(F)C12C(F)(F)C3(F)C(F)(F)C(F)(C(F)(F)C(F)(C3(F)F)C1(F)C(F)(F)F)C2(F)F. The summed E-state index contributed by atoms with van der Waals surface area (Å²) in [6.45, 7) is 0. The van der Waals surface area contributed by atoms with E-state index in [4.69, 9.17) is 0 Å². The van der Waals surface area contributed by atoms with Gasteiger partial charge >= 0.3 is 59.2 Å². The Morgan fingerprint density at radius 2 is 0.600 bits per heavy atom. The average molecular weight is 574 g/mol. The molecule has 4 aliphatic rings. The first-order chi connectivity index (χ1) is 14.8. The molecule has 4 saturated carbocycles. The van der Waals surface area contributed by atoms with Crippen molar-refractivity contribution in [1.29, 1.82) is 0 Å². The Kier molecular flexibility index (Phi) is 4.40. The van der Waals surface area contributed by atoms with Crippen LogP contribution in [0.4, 0.5) is 96.6 Å². The van der Waals surface area contributed by atoms with Gasteiger partial charge in [0, 0.05) is 0 Å². The molecule has 0 radical (unpaired) electrons. The number of hydrogen-bond acceptors (Lipinski definition) is 0. The molecule has 4 bridgehead atoms. The van der Waals surface area contributed by atoms with Crippen LogP contribution in [0.5, 0.6) is 0 Å². The fraction of sp³-hybridized carbons (Fsp3) is 1.00. The summed E-state index contributed by atoms with van der Waals surface area (Å²) in [6.07, 6.45) is -17.5. The summed E-state index contributed by atoms with van der Waals surface area (Å²) in [5.41, 5.74) is -45.4. The van der Waals surface area contributed by atoms with E-state index in [1.165, 1.54) is 0 Å². The van der Waals surface area contributed by atoms with Crippen LogP contribution in [0.3, 0.4) is 0 Å². The molecule has 0 nitrogen and oxygen atoms in total. The topological polar surface area (TPSA) is 0 Å². The quantitative estimate of drug-likeness (QED) is 0.303. The van der Waals surface area contributed by atoms with Crippen LogP contribution in [0.1, 0.15) is 0 Å². The molecular weight excluding hydrogens is 574 g/mol. The summed E-state index contributed by atoms with van der Waals surface area (Å²) >= 11 is 0. The van der Waals surface area contributed by atoms with Crippen LogP contribution in [0.25, 0.3) is 0 Å². The molecule has 0 saturated heterocycles. The lowest BCUT2D eigenvalue weighted by Gasteiger charge is -2.77. The van der Waals surface area contributed by atoms with E-state index in [1.807, 2.05) is 0 Å². The highest BCUT2D eigenvalue weighted by molar-refractivity contribution is 5.56. The van der Waals surface area contributed by atoms with Crippen LogP contribution in [0.2, 0.25) is 0 Å². The van der Waals surface area contributed by atoms with Gasteiger partial charge in [-0.3, -0.25) is 0 Å². The molecule has 0 amide bonds. The molecule has 4 fully saturated rings. The fourth-order valence-electron chi connectivity index (χ4n) is 5.16. The van der Waals surface area contributed by atoms with Gasteiger partial charge in [0.05, 0.1) is 0 Å². The van der Waals surface area contributed by atoms with Crippen molar-refractivity contribution < 1.29 is 96.6 Å². The molecule has 3 atom stereocenters. The van der Waals surface area contributed by atoms with Gasteiger partial charge in [-0.15, -0.1) is 0 Å². The minimum Gasteiger partial charge on any atom is -0.228 e. The van der Waals surface area contributed by atoms with Crippen molar-refractivity contribution in [3.8, 4) is 0 Å². The lowest BCUT2D eigenvalue weighted by Crippen LogP contribution is -3.11. The van der Waals surface area contributed by atoms with E-state index in [-0.39, 0.29) is 0 Å². The first kappa shape index (κ1) is 28.0. The van der Waals surface area contributed by atoms with Crippen LogP contribution < -0.4 is 0 Å². The minimum atomic E-state index is -9.42. The molecule has 0 heterocycles. The van der Waals surface area contributed by atoms with Gasteiger partial charge in [0.1, 0.15) is 0 Å². The summed E-state index contributed by atoms with van der Waals surface area (Å²) in [5.74, 6) is -53.9. The lowest BCUT2D eigenvalue weighted by atomic mass is 9.32. The van der Waals surface area contributed by atoms with Gasteiger partial charge < -0.3 is 0 Å². The van der Waals surface area contributed by atoms with Crippen LogP contribution >= 0.6 is 0 Å². The van der Waals surface area contributed by atoms with Crippen molar-refractivity contribution in [3.63, 3.8) is 0 Å². The molecule has 0 aromatic carbocycles. The maximum Gasteiger partial charge on any atom is 0.454 e. The zero-order chi connectivity index (χ0) is 28.5. The standard InChI is InChI=1S/C13F22/c14-2(12(30,31)32)1(8(22,23)13(33,34)35)6(18,19)4(16)9(24,25)3(2,15)10(26,27)5(17,7(1,20)21)11(4,28)29. The van der Waals surface area contributed by atoms with Crippen molar-refractivity contribution in [2.75, 3.05) is 0 Å². The number of halogens is 22. The Hall–Kier alpha value is -1.54. The van der Waals surface area contributed by atoms with Crippen molar-refractivity contribution in [2.45, 2.75) is 70.6 Å². The minimum absolute atomic E-state index is 8.61. The van der Waals surface area contributed by atoms with Crippen molar-refractivity contribution in [2.24, 2.45) is 5.41 Å². The lowest BCUT2D eigenvalue weighted by molar-refractivity contribution is -0.638. The molecule has 0 aromatic rings. The van der Waals surface area contributed by atoms with Gasteiger partial charge in [0.2, 0.25) is 5.41 Å². The monoisotopic (exact) mass is 574 g/mol. The first-order valence-electron chi connectivity index (χ1n) is 7.91. The largest absolute Gasteiger partial charge is 0.454 e. The highest BCUT2D eigenvalue weighted by Crippen LogP contribution is 2.94. The first-order valence-corrected chi connectivity index (χ1v) is 7.91. The van der Waals surface area contributed by atoms with Crippen LogP contribution in [0, 0.1) is 5.41 Å². The molecular formula is C13F22. The maximum absolute atomic E-state index is 15.0. The molecule has 22 heteroatoms. The van der Waals surface area contributed by atoms with E-state index >= 15 is 4.39 Å². The molecule has 206 valence electrons. The predicted molar refractivity (Wildman–Crippen MR) is 59.6 cm³/mol. The highest BCUT2D eigenvalue weighted by Gasteiger charge is 3.26. The fourth-order valence-corrected chi connectivity index (χ4v) is 5.16. The molecule has 0 N–H and O–H groups in total. The summed E-state index contributed by atoms with van der Waals surface area (Å²) in [4.78, 5) is 0. The summed E-state index contributed by atoms with van der Waals surface area (Å²) in [6, 6.07) is 0. The predicted octanol–water partition coefficient (Wildman–Crippen LogP) is 6.78. The molecule has 3 unspecified atom stereocenters. The number of hydrogen-bond donors (Lipinski definition) is 0. The number of alkyl halides is 22. The summed E-state index contributed by atoms with van der Waals surface area (Å²) in [5, 5.41) is 0. The van der Waals surface area contributed by atoms with Gasteiger partial charge in [-0.25, -0.2) is 35.1 Å². The maximum atomic E-state index is 15.0. The summed E-state index contributed by atoms with van der Waals surface area (Å²) in [7, 11) is 0. The van der Waals surface area contributed by atoms with Gasteiger partial charge in [-0.05, 0) is 0 Å². The average Bonchev–Trinajstić information content (AvgIpc) is 2.59. The number of rotatable bonds is 1. The second kappa shape index (κ2) is 5.50. The third-order valence-electron chi connectivity index (χ3n) is 6.61. The highest BCUT2D eigenvalue weighted by atomic mass is 19.4.